The fourth-order valence-corrected chi connectivity index (χ4v) is 1.63. The first-order chi connectivity index (χ1) is 8.05. The third-order valence-electron chi connectivity index (χ3n) is 3.31. The monoisotopic (exact) mass is 237 g/mol. The largest absolute Gasteiger partial charge is 0.395 e. The van der Waals surface area contributed by atoms with Gasteiger partial charge in [0.15, 0.2) is 0 Å². The van der Waals surface area contributed by atoms with Crippen LogP contribution in [0, 0.1) is 0 Å². The number of aliphatic hydroxyl groups is 1. The highest BCUT2D eigenvalue weighted by molar-refractivity contribution is 5.40. The molecule has 0 aliphatic rings. The smallest absolute Gasteiger partial charge is 0.132 e. The highest BCUT2D eigenvalue weighted by Gasteiger charge is 2.21. The normalized spacial score (nSPS) is 11.6. The van der Waals surface area contributed by atoms with Gasteiger partial charge in [-0.05, 0) is 13.3 Å². The van der Waals surface area contributed by atoms with Crippen LogP contribution < -0.4 is 4.90 Å². The quantitative estimate of drug-likeness (QED) is 0.822. The number of aliphatic hydroxyl groups excluding tert-OH is 1. The molecule has 0 atom stereocenters. The molecule has 4 nitrogen and oxygen atoms in total. The number of likely N-dealkylation sites (N-methyl/N-ethyl adjacent to an activating group) is 1. The van der Waals surface area contributed by atoms with Crippen molar-refractivity contribution in [2.75, 3.05) is 24.6 Å². The zero-order chi connectivity index (χ0) is 12.9. The summed E-state index contributed by atoms with van der Waals surface area (Å²) in [6.45, 7) is 10.2. The van der Waals surface area contributed by atoms with E-state index in [0.717, 1.165) is 24.5 Å². The third kappa shape index (κ3) is 3.40. The summed E-state index contributed by atoms with van der Waals surface area (Å²) in [5, 5.41) is 9.02. The molecule has 0 saturated heterocycles. The molecule has 0 fully saturated rings. The molecule has 0 radical (unpaired) electrons. The van der Waals surface area contributed by atoms with E-state index >= 15 is 0 Å². The van der Waals surface area contributed by atoms with Crippen molar-refractivity contribution in [3.8, 4) is 0 Å². The first kappa shape index (κ1) is 13.9. The van der Waals surface area contributed by atoms with Crippen LogP contribution in [0.25, 0.3) is 0 Å². The molecule has 1 aromatic rings. The summed E-state index contributed by atoms with van der Waals surface area (Å²) in [4.78, 5) is 10.7. The lowest BCUT2D eigenvalue weighted by Gasteiger charge is -2.25. The first-order valence-electron chi connectivity index (χ1n) is 6.23. The summed E-state index contributed by atoms with van der Waals surface area (Å²) in [5.41, 5.74) is 1.12. The zero-order valence-electron chi connectivity index (χ0n) is 11.3. The van der Waals surface area contributed by atoms with E-state index in [1.807, 2.05) is 6.07 Å². The molecule has 1 heterocycles. The fraction of sp³-hybridized carbons (Fsp3) is 0.692. The number of hydrogen-bond acceptors (Lipinski definition) is 4. The second kappa shape index (κ2) is 5.96. The second-order valence-corrected chi connectivity index (χ2v) is 4.80. The minimum Gasteiger partial charge on any atom is -0.395 e. The maximum absolute atomic E-state index is 9.02. The Morgan fingerprint density at radius 3 is 2.53 bits per heavy atom. The Kier molecular flexibility index (Phi) is 4.87. The molecule has 1 N–H and O–H groups in total. The Labute approximate surface area is 104 Å². The molecule has 0 aliphatic carbocycles. The van der Waals surface area contributed by atoms with Crippen molar-refractivity contribution in [1.82, 2.24) is 9.97 Å². The third-order valence-corrected chi connectivity index (χ3v) is 3.31. The number of anilines is 1. The van der Waals surface area contributed by atoms with E-state index in [-0.39, 0.29) is 12.0 Å². The summed E-state index contributed by atoms with van der Waals surface area (Å²) >= 11 is 0. The lowest BCUT2D eigenvalue weighted by atomic mass is 9.86. The van der Waals surface area contributed by atoms with Gasteiger partial charge < -0.3 is 10.0 Å². The topological polar surface area (TPSA) is 49.2 Å². The molecule has 0 amide bonds. The SMILES string of the molecule is CCN(CCO)c1cc(C(C)(C)CC)ncn1. The lowest BCUT2D eigenvalue weighted by molar-refractivity contribution is 0.302. The van der Waals surface area contributed by atoms with Crippen molar-refractivity contribution in [3.05, 3.63) is 18.1 Å². The van der Waals surface area contributed by atoms with Crippen molar-refractivity contribution in [1.29, 1.82) is 0 Å². The first-order valence-corrected chi connectivity index (χ1v) is 6.23. The van der Waals surface area contributed by atoms with Gasteiger partial charge in [0.25, 0.3) is 0 Å². The van der Waals surface area contributed by atoms with Crippen LogP contribution in [0.3, 0.4) is 0 Å². The molecule has 1 aromatic heterocycles. The second-order valence-electron chi connectivity index (χ2n) is 4.80. The predicted octanol–water partition coefficient (Wildman–Crippen LogP) is 1.98. The molecule has 17 heavy (non-hydrogen) atoms. The Morgan fingerprint density at radius 2 is 2.00 bits per heavy atom. The predicted molar refractivity (Wildman–Crippen MR) is 70.3 cm³/mol. The van der Waals surface area contributed by atoms with Gasteiger partial charge in [0.2, 0.25) is 0 Å². The molecule has 96 valence electrons. The highest BCUT2D eigenvalue weighted by atomic mass is 16.3. The van der Waals surface area contributed by atoms with E-state index in [1.165, 1.54) is 0 Å². The summed E-state index contributed by atoms with van der Waals surface area (Å²) in [7, 11) is 0. The van der Waals surface area contributed by atoms with Gasteiger partial charge >= 0.3 is 0 Å². The van der Waals surface area contributed by atoms with E-state index in [1.54, 1.807) is 6.33 Å². The molecule has 0 saturated carbocycles. The molecular weight excluding hydrogens is 214 g/mol. The van der Waals surface area contributed by atoms with Gasteiger partial charge in [-0.2, -0.15) is 0 Å². The van der Waals surface area contributed by atoms with Crippen molar-refractivity contribution in [2.24, 2.45) is 0 Å². The van der Waals surface area contributed by atoms with Gasteiger partial charge in [0.1, 0.15) is 12.1 Å². The average molecular weight is 237 g/mol. The minimum absolute atomic E-state index is 0.0658. The lowest BCUT2D eigenvalue weighted by Crippen LogP contribution is -2.28. The summed E-state index contributed by atoms with van der Waals surface area (Å²) < 4.78 is 0. The number of nitrogens with zero attached hydrogens (tertiary/aromatic N) is 3. The molecule has 0 aromatic carbocycles. The van der Waals surface area contributed by atoms with Crippen LogP contribution in [0.5, 0.6) is 0 Å². The van der Waals surface area contributed by atoms with E-state index in [4.69, 9.17) is 5.11 Å². The van der Waals surface area contributed by atoms with Crippen LogP contribution in [0.4, 0.5) is 5.82 Å². The van der Waals surface area contributed by atoms with Gasteiger partial charge in [-0.3, -0.25) is 0 Å². The van der Waals surface area contributed by atoms with Gasteiger partial charge in [-0.1, -0.05) is 20.8 Å². The molecule has 0 aliphatic heterocycles. The Bertz CT molecular complexity index is 352. The summed E-state index contributed by atoms with van der Waals surface area (Å²) in [6, 6.07) is 2.03. The fourth-order valence-electron chi connectivity index (χ4n) is 1.63. The van der Waals surface area contributed by atoms with E-state index in [0.29, 0.717) is 6.54 Å². The number of aromatic nitrogens is 2. The standard InChI is InChI=1S/C13H23N3O/c1-5-13(3,4)11-9-12(15-10-14-11)16(6-2)7-8-17/h9-10,17H,5-8H2,1-4H3. The van der Waals surface area contributed by atoms with Crippen LogP contribution in [0.2, 0.25) is 0 Å². The molecule has 0 bridgehead atoms. The van der Waals surface area contributed by atoms with Gasteiger partial charge in [-0.25, -0.2) is 9.97 Å². The Hall–Kier alpha value is -1.16. The number of hydrogen-bond donors (Lipinski definition) is 1. The molecule has 4 heteroatoms. The maximum Gasteiger partial charge on any atom is 0.132 e. The van der Waals surface area contributed by atoms with Gasteiger partial charge in [0.05, 0.1) is 12.3 Å². The molecular formula is C13H23N3O. The maximum atomic E-state index is 9.02. The van der Waals surface area contributed by atoms with Crippen molar-refractivity contribution >= 4 is 5.82 Å². The average Bonchev–Trinajstić information content (AvgIpc) is 2.36. The van der Waals surface area contributed by atoms with Crippen LogP contribution in [0.15, 0.2) is 12.4 Å². The van der Waals surface area contributed by atoms with E-state index < -0.39 is 0 Å². The van der Waals surface area contributed by atoms with Crippen molar-refractivity contribution in [2.45, 2.75) is 39.5 Å². The Balaban J connectivity index is 2.99. The highest BCUT2D eigenvalue weighted by Crippen LogP contribution is 2.26. The molecule has 1 rings (SSSR count). The van der Waals surface area contributed by atoms with Gasteiger partial charge in [0, 0.05) is 24.6 Å². The minimum atomic E-state index is 0.0658. The zero-order valence-corrected chi connectivity index (χ0v) is 11.3. The summed E-state index contributed by atoms with van der Waals surface area (Å²) in [5.74, 6) is 0.896. The van der Waals surface area contributed by atoms with Gasteiger partial charge in [-0.15, -0.1) is 0 Å². The van der Waals surface area contributed by atoms with E-state index in [2.05, 4.69) is 42.6 Å². The van der Waals surface area contributed by atoms with Crippen LogP contribution in [-0.2, 0) is 5.41 Å². The number of rotatable bonds is 6. The van der Waals surface area contributed by atoms with E-state index in [9.17, 15) is 0 Å². The van der Waals surface area contributed by atoms with Crippen LogP contribution >= 0.6 is 0 Å². The Morgan fingerprint density at radius 1 is 1.29 bits per heavy atom. The van der Waals surface area contributed by atoms with Crippen LogP contribution in [-0.4, -0.2) is 34.8 Å². The van der Waals surface area contributed by atoms with Crippen molar-refractivity contribution in [3.63, 3.8) is 0 Å². The summed E-state index contributed by atoms with van der Waals surface area (Å²) in [6.07, 6.45) is 2.65. The molecule has 0 spiro atoms. The van der Waals surface area contributed by atoms with Crippen molar-refractivity contribution < 1.29 is 5.11 Å². The van der Waals surface area contributed by atoms with Crippen LogP contribution in [0.1, 0.15) is 39.8 Å². The molecule has 0 unspecified atom stereocenters.